The fraction of sp³-hybridized carbons (Fsp3) is 0.292. The van der Waals surface area contributed by atoms with Gasteiger partial charge in [-0.15, -0.1) is 0 Å². The van der Waals surface area contributed by atoms with Gasteiger partial charge in [0.1, 0.15) is 18.0 Å². The minimum Gasteiger partial charge on any atom is -0.396 e. The number of hydrogen-bond acceptors (Lipinski definition) is 7. The molecule has 0 aliphatic carbocycles. The quantitative estimate of drug-likeness (QED) is 0.389. The van der Waals surface area contributed by atoms with Gasteiger partial charge in [-0.3, -0.25) is 9.79 Å². The van der Waals surface area contributed by atoms with E-state index in [0.717, 1.165) is 17.7 Å². The summed E-state index contributed by atoms with van der Waals surface area (Å²) in [5.41, 5.74) is 2.52. The van der Waals surface area contributed by atoms with Crippen molar-refractivity contribution in [2.75, 3.05) is 13.7 Å². The Labute approximate surface area is 194 Å². The minimum absolute atomic E-state index is 0.0189. The number of aliphatic hydroxyl groups is 1. The first kappa shape index (κ1) is 22.1. The number of rotatable bonds is 7. The summed E-state index contributed by atoms with van der Waals surface area (Å²) in [6.45, 7) is 1.23. The van der Waals surface area contributed by atoms with Crippen LogP contribution in [0.4, 0.5) is 10.1 Å². The number of aromatic nitrogens is 5. The number of H-pyrrole nitrogens is 1. The fourth-order valence-electron chi connectivity index (χ4n) is 4.54. The van der Waals surface area contributed by atoms with E-state index >= 15 is 0 Å². The van der Waals surface area contributed by atoms with Crippen LogP contribution in [-0.2, 0) is 13.1 Å². The third-order valence-corrected chi connectivity index (χ3v) is 6.09. The zero-order chi connectivity index (χ0) is 23.7. The maximum Gasteiger partial charge on any atom is 0.272 e. The predicted octanol–water partition coefficient (Wildman–Crippen LogP) is 2.39. The number of aryl methyl sites for hydroxylation is 1. The summed E-state index contributed by atoms with van der Waals surface area (Å²) in [5.74, 6) is -0.675. The van der Waals surface area contributed by atoms with Crippen LogP contribution in [0.25, 0.3) is 10.8 Å². The number of aliphatic hydroxyl groups excluding tert-OH is 1. The van der Waals surface area contributed by atoms with Gasteiger partial charge in [-0.2, -0.15) is 10.2 Å². The molecule has 0 bridgehead atoms. The van der Waals surface area contributed by atoms with E-state index in [0.29, 0.717) is 35.6 Å². The Bertz CT molecular complexity index is 1410. The number of aromatic amines is 1. The summed E-state index contributed by atoms with van der Waals surface area (Å²) in [7, 11) is 1.89. The molecule has 1 aliphatic rings. The van der Waals surface area contributed by atoms with E-state index in [2.05, 4.69) is 30.6 Å². The number of halogens is 1. The zero-order valence-electron chi connectivity index (χ0n) is 18.6. The van der Waals surface area contributed by atoms with Crippen LogP contribution in [0.1, 0.15) is 40.9 Å². The summed E-state index contributed by atoms with van der Waals surface area (Å²) in [6.07, 6.45) is 3.75. The molecule has 2 aromatic heterocycles. The topological polar surface area (TPSA) is 121 Å². The lowest BCUT2D eigenvalue weighted by atomic mass is 9.82. The first-order chi connectivity index (χ1) is 16.6. The molecular weight excluding hydrogens is 437 g/mol. The van der Waals surface area contributed by atoms with E-state index < -0.39 is 17.3 Å². The highest BCUT2D eigenvalue weighted by molar-refractivity contribution is 5.97. The molecular formula is C24H24FN7O2. The van der Waals surface area contributed by atoms with Crippen LogP contribution in [0.3, 0.4) is 0 Å². The van der Waals surface area contributed by atoms with Gasteiger partial charge < -0.3 is 10.4 Å². The van der Waals surface area contributed by atoms with Crippen LogP contribution in [0.15, 0.2) is 52.5 Å². The molecule has 0 radical (unpaired) electrons. The Hall–Kier alpha value is -3.76. The van der Waals surface area contributed by atoms with Crippen LogP contribution in [0, 0.1) is 5.82 Å². The average molecular weight is 462 g/mol. The van der Waals surface area contributed by atoms with Gasteiger partial charge in [0.15, 0.2) is 0 Å². The summed E-state index contributed by atoms with van der Waals surface area (Å²) in [5, 5.41) is 24.5. The van der Waals surface area contributed by atoms with Gasteiger partial charge >= 0.3 is 0 Å². The summed E-state index contributed by atoms with van der Waals surface area (Å²) in [6, 6.07) is 10.7. The summed E-state index contributed by atoms with van der Waals surface area (Å²) in [4.78, 5) is 21.7. The molecule has 34 heavy (non-hydrogen) atoms. The average Bonchev–Trinajstić information content (AvgIpc) is 3.23. The Morgan fingerprint density at radius 1 is 1.24 bits per heavy atom. The Balaban J connectivity index is 1.75. The maximum absolute atomic E-state index is 14.4. The maximum atomic E-state index is 14.4. The summed E-state index contributed by atoms with van der Waals surface area (Å²) < 4.78 is 16.1. The van der Waals surface area contributed by atoms with Gasteiger partial charge in [0.25, 0.3) is 5.56 Å². The predicted molar refractivity (Wildman–Crippen MR) is 126 cm³/mol. The highest BCUT2D eigenvalue weighted by Gasteiger charge is 2.35. The van der Waals surface area contributed by atoms with Crippen molar-refractivity contribution < 1.29 is 9.50 Å². The Kier molecular flexibility index (Phi) is 5.99. The molecule has 0 spiro atoms. The van der Waals surface area contributed by atoms with E-state index in [-0.39, 0.29) is 17.9 Å². The highest BCUT2D eigenvalue weighted by Crippen LogP contribution is 2.43. The van der Waals surface area contributed by atoms with E-state index in [1.54, 1.807) is 10.9 Å². The first-order valence-electron chi connectivity index (χ1n) is 11.1. The molecule has 9 nitrogen and oxygen atoms in total. The van der Waals surface area contributed by atoms with Gasteiger partial charge in [-0.25, -0.2) is 19.2 Å². The van der Waals surface area contributed by atoms with Crippen molar-refractivity contribution in [3.63, 3.8) is 0 Å². The first-order valence-corrected chi connectivity index (χ1v) is 11.1. The minimum atomic E-state index is -0.542. The van der Waals surface area contributed by atoms with E-state index in [4.69, 9.17) is 0 Å². The summed E-state index contributed by atoms with van der Waals surface area (Å²) >= 11 is 0. The third kappa shape index (κ3) is 3.91. The van der Waals surface area contributed by atoms with Crippen molar-refractivity contribution in [2.24, 2.45) is 4.99 Å². The monoisotopic (exact) mass is 461 g/mol. The molecule has 0 saturated heterocycles. The zero-order valence-corrected chi connectivity index (χ0v) is 18.6. The number of benzene rings is 2. The van der Waals surface area contributed by atoms with Gasteiger partial charge in [0, 0.05) is 43.3 Å². The highest BCUT2D eigenvalue weighted by atomic mass is 19.1. The van der Waals surface area contributed by atoms with Crippen molar-refractivity contribution >= 4 is 22.7 Å². The molecule has 2 aromatic carbocycles. The second-order valence-corrected chi connectivity index (χ2v) is 8.26. The van der Waals surface area contributed by atoms with Gasteiger partial charge in [-0.1, -0.05) is 24.3 Å². The molecule has 0 fully saturated rings. The van der Waals surface area contributed by atoms with Gasteiger partial charge in [-0.05, 0) is 30.7 Å². The number of aliphatic imine (C=N–C) groups is 1. The van der Waals surface area contributed by atoms with Gasteiger partial charge in [0.2, 0.25) is 0 Å². The van der Waals surface area contributed by atoms with Crippen molar-refractivity contribution in [1.82, 2.24) is 30.3 Å². The molecule has 3 N–H and O–H groups in total. The van der Waals surface area contributed by atoms with Crippen molar-refractivity contribution in [3.8, 4) is 0 Å². The SMILES string of the molecule is CNCc1ccc(C2C=Nc3cc(F)cc4c(=O)[nH]nc(c34)C2c2ncnn2CCCO)cc1. The smallest absolute Gasteiger partial charge is 0.272 e. The number of nitrogens with zero attached hydrogens (tertiary/aromatic N) is 5. The van der Waals surface area contributed by atoms with Crippen molar-refractivity contribution in [3.05, 3.63) is 81.5 Å². The molecule has 2 atom stereocenters. The van der Waals surface area contributed by atoms with Crippen LogP contribution in [0.2, 0.25) is 0 Å². The van der Waals surface area contributed by atoms with Crippen LogP contribution >= 0.6 is 0 Å². The van der Waals surface area contributed by atoms with Crippen LogP contribution in [0.5, 0.6) is 0 Å². The van der Waals surface area contributed by atoms with Crippen molar-refractivity contribution in [2.45, 2.75) is 31.3 Å². The molecule has 1 aliphatic heterocycles. The third-order valence-electron chi connectivity index (χ3n) is 6.09. The molecule has 174 valence electrons. The van der Waals surface area contributed by atoms with E-state index in [1.807, 2.05) is 31.3 Å². The number of nitrogens with one attached hydrogen (secondary N) is 2. The molecule has 10 heteroatoms. The normalized spacial score (nSPS) is 17.3. The van der Waals surface area contributed by atoms with Crippen LogP contribution < -0.4 is 10.9 Å². The lowest BCUT2D eigenvalue weighted by molar-refractivity contribution is 0.275. The second-order valence-electron chi connectivity index (χ2n) is 8.26. The second kappa shape index (κ2) is 9.24. The molecule has 0 amide bonds. The molecule has 4 aromatic rings. The number of hydrogen-bond donors (Lipinski definition) is 3. The fourth-order valence-corrected chi connectivity index (χ4v) is 4.54. The van der Waals surface area contributed by atoms with Gasteiger partial charge in [0.05, 0.1) is 22.7 Å². The largest absolute Gasteiger partial charge is 0.396 e. The molecule has 2 unspecified atom stereocenters. The van der Waals surface area contributed by atoms with E-state index in [1.165, 1.54) is 18.5 Å². The Morgan fingerprint density at radius 2 is 2.06 bits per heavy atom. The standard InChI is InChI=1S/C24H24FN7O2/c1-26-11-14-3-5-15(6-4-14)18-12-27-19-10-16(25)9-17-20(19)22(30-31-24(17)34)21(18)23-28-13-29-32(23)7-2-8-33/h3-6,9-10,12-13,18,21,26,33H,2,7-8,11H2,1H3,(H,31,34). The molecule has 0 saturated carbocycles. The van der Waals surface area contributed by atoms with E-state index in [9.17, 15) is 14.3 Å². The Morgan fingerprint density at radius 3 is 2.82 bits per heavy atom. The lowest BCUT2D eigenvalue weighted by Crippen LogP contribution is -2.22. The van der Waals surface area contributed by atoms with Crippen LogP contribution in [-0.4, -0.2) is 49.9 Å². The molecule has 3 heterocycles. The lowest BCUT2D eigenvalue weighted by Gasteiger charge is -2.24. The van der Waals surface area contributed by atoms with Crippen molar-refractivity contribution in [1.29, 1.82) is 0 Å². The molecule has 5 rings (SSSR count).